The number of ketones is 2. The fourth-order valence-electron chi connectivity index (χ4n) is 2.74. The van der Waals surface area contributed by atoms with Crippen molar-refractivity contribution in [2.24, 2.45) is 0 Å². The molecule has 0 heterocycles. The molecule has 14 nitrogen and oxygen atoms in total. The molecule has 38 heavy (non-hydrogen) atoms. The molecule has 0 spiro atoms. The molecule has 0 aliphatic heterocycles. The molecule has 0 unspecified atom stereocenters. The number of anilines is 3. The van der Waals surface area contributed by atoms with Crippen molar-refractivity contribution in [3.8, 4) is 17.2 Å². The molecule has 0 aliphatic rings. The molecule has 0 amide bonds. The van der Waals surface area contributed by atoms with Crippen molar-refractivity contribution in [1.29, 1.82) is 0 Å². The average Bonchev–Trinajstić information content (AvgIpc) is 2.85. The van der Waals surface area contributed by atoms with E-state index in [1.807, 2.05) is 0 Å². The van der Waals surface area contributed by atoms with Crippen LogP contribution in [0.2, 0.25) is 0 Å². The Balaban J connectivity index is 0.000000293. The number of nitro groups is 2. The monoisotopic (exact) mass is 527 g/mol. The van der Waals surface area contributed by atoms with Crippen molar-refractivity contribution >= 4 is 40.0 Å². The van der Waals surface area contributed by atoms with Gasteiger partial charge in [-0.2, -0.15) is 0 Å². The highest BCUT2D eigenvalue weighted by atomic mass is 16.7. The number of hydrogen-bond acceptors (Lipinski definition) is 12. The van der Waals surface area contributed by atoms with Gasteiger partial charge in [-0.3, -0.25) is 29.8 Å². The molecular formula is C24H25N5O9. The summed E-state index contributed by atoms with van der Waals surface area (Å²) >= 11 is 0. The number of rotatable bonds is 11. The van der Waals surface area contributed by atoms with Gasteiger partial charge in [0, 0.05) is 17.8 Å². The topological polar surface area (TPSA) is 226 Å². The average molecular weight is 527 g/mol. The number of carbonyl (C=O) groups is 2. The lowest BCUT2D eigenvalue weighted by Gasteiger charge is -2.11. The van der Waals surface area contributed by atoms with Crippen molar-refractivity contribution in [1.82, 2.24) is 0 Å². The molecule has 0 aliphatic carbocycles. The van der Waals surface area contributed by atoms with E-state index in [2.05, 4.69) is 0 Å². The summed E-state index contributed by atoms with van der Waals surface area (Å²) in [6.07, 6.45) is -0.0744. The molecule has 6 N–H and O–H groups in total. The second-order valence-electron chi connectivity index (χ2n) is 7.64. The lowest BCUT2D eigenvalue weighted by atomic mass is 10.2. The molecular weight excluding hydrogens is 502 g/mol. The zero-order valence-electron chi connectivity index (χ0n) is 20.2. The van der Waals surface area contributed by atoms with Crippen molar-refractivity contribution < 1.29 is 33.6 Å². The fraction of sp³-hybridized carbons (Fsp3) is 0.167. The second-order valence-corrected chi connectivity index (χ2v) is 7.64. The summed E-state index contributed by atoms with van der Waals surface area (Å²) in [6.45, 7) is 0.918. The van der Waals surface area contributed by atoms with E-state index in [0.717, 1.165) is 12.1 Å². The first kappa shape index (κ1) is 28.8. The number of nitrogen functional groups attached to an aromatic ring is 3. The number of Topliss-reactive ketones (excluding diaryl/α,β-unsaturated/α-hetero) is 2. The van der Waals surface area contributed by atoms with Crippen LogP contribution in [0.25, 0.3) is 0 Å². The van der Waals surface area contributed by atoms with Gasteiger partial charge in [-0.15, -0.1) is 0 Å². The van der Waals surface area contributed by atoms with Gasteiger partial charge in [0.2, 0.25) is 6.79 Å². The zero-order chi connectivity index (χ0) is 28.2. The van der Waals surface area contributed by atoms with Crippen molar-refractivity contribution in [2.75, 3.05) is 30.6 Å². The van der Waals surface area contributed by atoms with Crippen LogP contribution in [0.5, 0.6) is 17.2 Å². The number of carbonyl (C=O) groups excluding carboxylic acids is 2. The SMILES string of the molecule is CC(=O)CC(=O)COc1ccc(N)cc1.Nc1ccc([N+](=O)[O-])cc1OCOc1cc([N+](=O)[O-])ccc1N. The minimum atomic E-state index is -0.592. The highest BCUT2D eigenvalue weighted by Gasteiger charge is 2.13. The number of non-ortho nitro benzene ring substituents is 2. The maximum Gasteiger partial charge on any atom is 0.273 e. The summed E-state index contributed by atoms with van der Waals surface area (Å²) in [7, 11) is 0. The predicted molar refractivity (Wildman–Crippen MR) is 138 cm³/mol. The summed E-state index contributed by atoms with van der Waals surface area (Å²) in [5, 5.41) is 21.4. The van der Waals surface area contributed by atoms with Crippen LogP contribution < -0.4 is 31.4 Å². The number of hydrogen-bond donors (Lipinski definition) is 3. The van der Waals surface area contributed by atoms with Crippen LogP contribution in [-0.4, -0.2) is 34.8 Å². The second kappa shape index (κ2) is 13.6. The Morgan fingerprint density at radius 3 is 1.66 bits per heavy atom. The van der Waals surface area contributed by atoms with Gasteiger partial charge in [0.1, 0.15) is 18.1 Å². The first-order chi connectivity index (χ1) is 18.0. The molecule has 3 rings (SSSR count). The van der Waals surface area contributed by atoms with Gasteiger partial charge in [0.05, 0.1) is 39.8 Å². The Morgan fingerprint density at radius 2 is 1.24 bits per heavy atom. The maximum atomic E-state index is 11.1. The van der Waals surface area contributed by atoms with Gasteiger partial charge >= 0.3 is 0 Å². The first-order valence-electron chi connectivity index (χ1n) is 10.8. The number of nitrogens with two attached hydrogens (primary N) is 3. The number of benzene rings is 3. The molecule has 0 aromatic heterocycles. The van der Waals surface area contributed by atoms with Crippen molar-refractivity contribution in [3.05, 3.63) is 80.9 Å². The highest BCUT2D eigenvalue weighted by Crippen LogP contribution is 2.29. The van der Waals surface area contributed by atoms with Gasteiger partial charge in [-0.1, -0.05) is 0 Å². The molecule has 0 bridgehead atoms. The smallest absolute Gasteiger partial charge is 0.273 e. The minimum absolute atomic E-state index is 0.0585. The van der Waals surface area contributed by atoms with Gasteiger partial charge in [-0.05, 0) is 43.3 Å². The summed E-state index contributed by atoms with van der Waals surface area (Å²) in [4.78, 5) is 42.0. The van der Waals surface area contributed by atoms with E-state index in [4.69, 9.17) is 31.4 Å². The lowest BCUT2D eigenvalue weighted by molar-refractivity contribution is -0.385. The van der Waals surface area contributed by atoms with Crippen LogP contribution in [0.3, 0.4) is 0 Å². The Morgan fingerprint density at radius 1 is 0.763 bits per heavy atom. The molecule has 0 saturated carbocycles. The largest absolute Gasteiger partial charge is 0.486 e. The van der Waals surface area contributed by atoms with Gasteiger partial charge in [0.15, 0.2) is 17.3 Å². The standard InChI is InChI=1S/C13H12N4O6.C11H13NO3/c14-10-3-1-8(16(18)19)5-12(10)22-7-23-13-6-9(17(20)21)2-4-11(13)15;1-8(13)6-10(14)7-15-11-4-2-9(12)3-5-11/h1-6H,7,14-15H2;2-5H,6-7,12H2,1H3. The maximum absolute atomic E-state index is 11.1. The molecule has 14 heteroatoms. The third-order valence-corrected chi connectivity index (χ3v) is 4.57. The molecule has 0 atom stereocenters. The Kier molecular flexibility index (Phi) is 10.3. The van der Waals surface area contributed by atoms with Crippen LogP contribution in [0, 0.1) is 20.2 Å². The summed E-state index contributed by atoms with van der Waals surface area (Å²) in [5.74, 6) is 0.313. The summed E-state index contributed by atoms with van der Waals surface area (Å²) < 4.78 is 15.6. The number of ether oxygens (including phenoxy) is 3. The van der Waals surface area contributed by atoms with Crippen molar-refractivity contribution in [2.45, 2.75) is 13.3 Å². The fourth-order valence-corrected chi connectivity index (χ4v) is 2.74. The molecule has 3 aromatic rings. The van der Waals surface area contributed by atoms with Gasteiger partial charge in [-0.25, -0.2) is 0 Å². The summed E-state index contributed by atoms with van der Waals surface area (Å²) in [6, 6.07) is 14.2. The number of nitro benzene ring substituents is 2. The molecule has 0 saturated heterocycles. The Bertz CT molecular complexity index is 1250. The molecule has 200 valence electrons. The van der Waals surface area contributed by atoms with E-state index in [0.29, 0.717) is 11.4 Å². The van der Waals surface area contributed by atoms with Crippen LogP contribution in [-0.2, 0) is 9.59 Å². The third kappa shape index (κ3) is 9.33. The Hall–Kier alpha value is -5.40. The van der Waals surface area contributed by atoms with Crippen LogP contribution >= 0.6 is 0 Å². The quantitative estimate of drug-likeness (QED) is 0.107. The van der Waals surface area contributed by atoms with Crippen LogP contribution in [0.4, 0.5) is 28.4 Å². The summed E-state index contributed by atoms with van der Waals surface area (Å²) in [5.41, 5.74) is 17.4. The lowest BCUT2D eigenvalue weighted by Crippen LogP contribution is -2.14. The predicted octanol–water partition coefficient (Wildman–Crippen LogP) is 3.28. The normalized spacial score (nSPS) is 9.92. The van der Waals surface area contributed by atoms with Crippen LogP contribution in [0.15, 0.2) is 60.7 Å². The Labute approximate surface area is 216 Å². The van der Waals surface area contributed by atoms with Crippen LogP contribution in [0.1, 0.15) is 13.3 Å². The van der Waals surface area contributed by atoms with Crippen molar-refractivity contribution in [3.63, 3.8) is 0 Å². The van der Waals surface area contributed by atoms with E-state index in [1.54, 1.807) is 24.3 Å². The minimum Gasteiger partial charge on any atom is -0.486 e. The number of nitrogens with zero attached hydrogens (tertiary/aromatic N) is 2. The zero-order valence-corrected chi connectivity index (χ0v) is 20.2. The van der Waals surface area contributed by atoms with E-state index < -0.39 is 9.85 Å². The van der Waals surface area contributed by atoms with Gasteiger partial charge < -0.3 is 31.4 Å². The third-order valence-electron chi connectivity index (χ3n) is 4.57. The van der Waals surface area contributed by atoms with E-state index in [9.17, 15) is 29.8 Å². The first-order valence-corrected chi connectivity index (χ1v) is 10.8. The van der Waals surface area contributed by atoms with E-state index >= 15 is 0 Å². The molecule has 0 fully saturated rings. The van der Waals surface area contributed by atoms with E-state index in [1.165, 1.54) is 31.2 Å². The molecule has 0 radical (unpaired) electrons. The van der Waals surface area contributed by atoms with E-state index in [-0.39, 0.29) is 65.6 Å². The highest BCUT2D eigenvalue weighted by molar-refractivity contribution is 5.98. The van der Waals surface area contributed by atoms with Gasteiger partial charge in [0.25, 0.3) is 11.4 Å². The molecule has 3 aromatic carbocycles.